The lowest BCUT2D eigenvalue weighted by atomic mass is 9.95. The van der Waals surface area contributed by atoms with E-state index in [-0.39, 0.29) is 30.1 Å². The van der Waals surface area contributed by atoms with Crippen LogP contribution in [0.2, 0.25) is 0 Å². The van der Waals surface area contributed by atoms with Gasteiger partial charge in [0.05, 0.1) is 13.0 Å². The Balaban J connectivity index is 0.00000280. The van der Waals surface area contributed by atoms with E-state index in [9.17, 15) is 9.59 Å². The van der Waals surface area contributed by atoms with Gasteiger partial charge in [-0.3, -0.25) is 9.59 Å². The molecule has 6 nitrogen and oxygen atoms in total. The predicted octanol–water partition coefficient (Wildman–Crippen LogP) is 2.23. The summed E-state index contributed by atoms with van der Waals surface area (Å²) < 4.78 is 5.60. The molecule has 2 fully saturated rings. The van der Waals surface area contributed by atoms with Crippen LogP contribution in [0.25, 0.3) is 0 Å². The third-order valence-corrected chi connectivity index (χ3v) is 5.56. The molecule has 0 radical (unpaired) electrons. The van der Waals surface area contributed by atoms with E-state index < -0.39 is 0 Å². The summed E-state index contributed by atoms with van der Waals surface area (Å²) in [4.78, 5) is 26.5. The van der Waals surface area contributed by atoms with Gasteiger partial charge in [0, 0.05) is 25.6 Å². The number of piperidine rings is 1. The minimum absolute atomic E-state index is 0. The van der Waals surface area contributed by atoms with E-state index in [4.69, 9.17) is 4.74 Å². The second-order valence-electron chi connectivity index (χ2n) is 7.51. The van der Waals surface area contributed by atoms with Crippen molar-refractivity contribution in [1.82, 2.24) is 15.5 Å². The fraction of sp³-hybridized carbons (Fsp3) is 0.619. The summed E-state index contributed by atoms with van der Waals surface area (Å²) in [5, 5.41) is 6.44. The number of ether oxygens (including phenoxy) is 1. The lowest BCUT2D eigenvalue weighted by Crippen LogP contribution is -2.43. The number of halogens is 1. The molecule has 3 rings (SSSR count). The van der Waals surface area contributed by atoms with Crippen molar-refractivity contribution in [3.8, 4) is 5.75 Å². The Morgan fingerprint density at radius 2 is 1.89 bits per heavy atom. The first kappa shape index (κ1) is 22.5. The third kappa shape index (κ3) is 6.99. The number of carbonyl (C=O) groups excluding carboxylic acids is 2. The molecule has 7 heteroatoms. The number of nitrogens with one attached hydrogen (secondary N) is 2. The van der Waals surface area contributed by atoms with Gasteiger partial charge in [0.2, 0.25) is 11.8 Å². The first-order valence-corrected chi connectivity index (χ1v) is 10.2. The molecule has 2 heterocycles. The minimum Gasteiger partial charge on any atom is -0.493 e. The van der Waals surface area contributed by atoms with Crippen molar-refractivity contribution in [2.24, 2.45) is 11.8 Å². The van der Waals surface area contributed by atoms with Gasteiger partial charge < -0.3 is 20.3 Å². The first-order chi connectivity index (χ1) is 13.2. The second-order valence-corrected chi connectivity index (χ2v) is 7.51. The van der Waals surface area contributed by atoms with Crippen LogP contribution < -0.4 is 15.4 Å². The van der Waals surface area contributed by atoms with Crippen LogP contribution in [0.1, 0.15) is 32.1 Å². The Morgan fingerprint density at radius 1 is 1.14 bits per heavy atom. The number of likely N-dealkylation sites (tertiary alicyclic amines) is 1. The number of benzene rings is 1. The maximum atomic E-state index is 12.3. The van der Waals surface area contributed by atoms with E-state index in [2.05, 4.69) is 10.6 Å². The van der Waals surface area contributed by atoms with E-state index in [0.717, 1.165) is 44.6 Å². The van der Waals surface area contributed by atoms with E-state index in [1.165, 1.54) is 6.42 Å². The van der Waals surface area contributed by atoms with Crippen LogP contribution in [0.3, 0.4) is 0 Å². The minimum atomic E-state index is 0. The number of hydrogen-bond acceptors (Lipinski definition) is 4. The van der Waals surface area contributed by atoms with Gasteiger partial charge in [-0.2, -0.15) is 0 Å². The molecule has 1 unspecified atom stereocenters. The third-order valence-electron chi connectivity index (χ3n) is 5.56. The molecule has 2 aliphatic rings. The molecule has 0 aliphatic carbocycles. The summed E-state index contributed by atoms with van der Waals surface area (Å²) in [6.07, 6.45) is 4.15. The van der Waals surface area contributed by atoms with Gasteiger partial charge in [-0.1, -0.05) is 18.2 Å². The zero-order valence-electron chi connectivity index (χ0n) is 16.4. The second kappa shape index (κ2) is 11.9. The van der Waals surface area contributed by atoms with Crippen molar-refractivity contribution in [3.63, 3.8) is 0 Å². The van der Waals surface area contributed by atoms with E-state index in [1.54, 1.807) is 0 Å². The van der Waals surface area contributed by atoms with Crippen molar-refractivity contribution in [1.29, 1.82) is 0 Å². The van der Waals surface area contributed by atoms with Crippen molar-refractivity contribution in [3.05, 3.63) is 30.3 Å². The smallest absolute Gasteiger partial charge is 0.225 e. The highest BCUT2D eigenvalue weighted by Gasteiger charge is 2.27. The van der Waals surface area contributed by atoms with Crippen LogP contribution >= 0.6 is 12.4 Å². The molecule has 0 aromatic heterocycles. The molecule has 0 saturated carbocycles. The highest BCUT2D eigenvalue weighted by Crippen LogP contribution is 2.19. The number of nitrogens with zero attached hydrogens (tertiary/aromatic N) is 1. The fourth-order valence-electron chi connectivity index (χ4n) is 3.83. The van der Waals surface area contributed by atoms with Gasteiger partial charge in [0.25, 0.3) is 0 Å². The zero-order chi connectivity index (χ0) is 18.9. The molecule has 2 N–H and O–H groups in total. The van der Waals surface area contributed by atoms with Crippen molar-refractivity contribution in [2.75, 3.05) is 39.3 Å². The highest BCUT2D eigenvalue weighted by atomic mass is 35.5. The van der Waals surface area contributed by atoms with Crippen LogP contribution in [0, 0.1) is 11.8 Å². The number of rotatable bonds is 8. The average Bonchev–Trinajstić information content (AvgIpc) is 3.22. The lowest BCUT2D eigenvalue weighted by molar-refractivity contribution is -0.136. The highest BCUT2D eigenvalue weighted by molar-refractivity contribution is 5.85. The first-order valence-electron chi connectivity index (χ1n) is 10.2. The number of amides is 2. The van der Waals surface area contributed by atoms with Gasteiger partial charge in [-0.15, -0.1) is 12.4 Å². The normalized spacial score (nSPS) is 19.7. The van der Waals surface area contributed by atoms with Crippen LogP contribution in [0.5, 0.6) is 5.75 Å². The molecule has 28 heavy (non-hydrogen) atoms. The quantitative estimate of drug-likeness (QED) is 0.690. The molecule has 2 aliphatic heterocycles. The van der Waals surface area contributed by atoms with E-state index >= 15 is 0 Å². The molecule has 2 saturated heterocycles. The summed E-state index contributed by atoms with van der Waals surface area (Å²) >= 11 is 0. The maximum absolute atomic E-state index is 12.3. The van der Waals surface area contributed by atoms with Crippen LogP contribution in [-0.2, 0) is 9.59 Å². The van der Waals surface area contributed by atoms with Crippen LogP contribution in [0.4, 0.5) is 0 Å². The van der Waals surface area contributed by atoms with Gasteiger partial charge in [-0.25, -0.2) is 0 Å². The SMILES string of the molecule is Cl.O=C(NCCC1CCNC1)C1CCN(C(=O)CCOc2ccccc2)CC1. The lowest BCUT2D eigenvalue weighted by Gasteiger charge is -2.31. The summed E-state index contributed by atoms with van der Waals surface area (Å²) in [6, 6.07) is 9.54. The molecule has 0 bridgehead atoms. The molecule has 1 atom stereocenters. The summed E-state index contributed by atoms with van der Waals surface area (Å²) in [7, 11) is 0. The molecule has 156 valence electrons. The Kier molecular flexibility index (Phi) is 9.58. The van der Waals surface area contributed by atoms with Gasteiger partial charge >= 0.3 is 0 Å². The number of para-hydroxylation sites is 1. The van der Waals surface area contributed by atoms with Crippen molar-refractivity contribution in [2.45, 2.75) is 32.1 Å². The monoisotopic (exact) mass is 409 g/mol. The average molecular weight is 410 g/mol. The number of hydrogen-bond donors (Lipinski definition) is 2. The van der Waals surface area contributed by atoms with Crippen LogP contribution in [-0.4, -0.2) is 56.0 Å². The fourth-order valence-corrected chi connectivity index (χ4v) is 3.83. The Labute approximate surface area is 173 Å². The molecule has 1 aromatic rings. The zero-order valence-corrected chi connectivity index (χ0v) is 17.2. The van der Waals surface area contributed by atoms with Gasteiger partial charge in [-0.05, 0) is 56.8 Å². The van der Waals surface area contributed by atoms with Crippen molar-refractivity contribution < 1.29 is 14.3 Å². The summed E-state index contributed by atoms with van der Waals surface area (Å²) in [6.45, 7) is 4.65. The Bertz CT molecular complexity index is 600. The molecule has 0 spiro atoms. The standard InChI is InChI=1S/C21H31N3O3.ClH/c25-20(10-15-27-19-4-2-1-3-5-19)24-13-8-18(9-14-24)21(26)23-12-7-17-6-11-22-16-17;/h1-5,17-18,22H,6-16H2,(H,23,26);1H. The molecule has 1 aromatic carbocycles. The summed E-state index contributed by atoms with van der Waals surface area (Å²) in [5.41, 5.74) is 0. The van der Waals surface area contributed by atoms with E-state index in [1.807, 2.05) is 35.2 Å². The number of carbonyl (C=O) groups is 2. The van der Waals surface area contributed by atoms with Gasteiger partial charge in [0.1, 0.15) is 5.75 Å². The topological polar surface area (TPSA) is 70.7 Å². The molecular formula is C21H32ClN3O3. The van der Waals surface area contributed by atoms with Crippen LogP contribution in [0.15, 0.2) is 30.3 Å². The predicted molar refractivity (Wildman–Crippen MR) is 112 cm³/mol. The van der Waals surface area contributed by atoms with E-state index in [0.29, 0.717) is 32.0 Å². The van der Waals surface area contributed by atoms with Crippen molar-refractivity contribution >= 4 is 24.2 Å². The maximum Gasteiger partial charge on any atom is 0.225 e. The molecular weight excluding hydrogens is 378 g/mol. The summed E-state index contributed by atoms with van der Waals surface area (Å²) in [5.74, 6) is 1.78. The Hall–Kier alpha value is -1.79. The largest absolute Gasteiger partial charge is 0.493 e. The van der Waals surface area contributed by atoms with Gasteiger partial charge in [0.15, 0.2) is 0 Å². The molecule has 2 amide bonds. The Morgan fingerprint density at radius 3 is 2.57 bits per heavy atom.